The molecule has 2 heterocycles. The Labute approximate surface area is 159 Å². The van der Waals surface area contributed by atoms with Crippen LogP contribution in [0.5, 0.6) is 0 Å². The number of nitrogens with one attached hydrogen (secondary N) is 2. The summed E-state index contributed by atoms with van der Waals surface area (Å²) in [4.78, 5) is 26.1. The molecule has 142 valence electrons. The van der Waals surface area contributed by atoms with Gasteiger partial charge in [-0.25, -0.2) is 4.79 Å². The first kappa shape index (κ1) is 18.9. The number of benzene rings is 1. The molecular formula is C20H25N5O2. The molecule has 2 aliphatic heterocycles. The van der Waals surface area contributed by atoms with Crippen molar-refractivity contribution in [2.75, 3.05) is 18.4 Å². The van der Waals surface area contributed by atoms with Crippen LogP contribution in [0.4, 0.5) is 10.5 Å². The van der Waals surface area contributed by atoms with Crippen LogP contribution < -0.4 is 10.6 Å². The molecule has 27 heavy (non-hydrogen) atoms. The second-order valence-electron chi connectivity index (χ2n) is 6.99. The minimum absolute atomic E-state index is 0.0427. The van der Waals surface area contributed by atoms with Crippen molar-refractivity contribution in [1.82, 2.24) is 10.2 Å². The summed E-state index contributed by atoms with van der Waals surface area (Å²) >= 11 is 0. The van der Waals surface area contributed by atoms with Gasteiger partial charge in [0.15, 0.2) is 5.66 Å². The summed E-state index contributed by atoms with van der Waals surface area (Å²) in [6.45, 7) is 2.03. The smallest absolute Gasteiger partial charge is 0.321 e. The largest absolute Gasteiger partial charge is 0.352 e. The fraction of sp³-hybridized carbons (Fsp3) is 0.500. The van der Waals surface area contributed by atoms with Crippen molar-refractivity contribution in [2.24, 2.45) is 10.2 Å². The molecule has 3 rings (SSSR count). The Balaban J connectivity index is 1.42. The van der Waals surface area contributed by atoms with E-state index in [1.54, 1.807) is 0 Å². The molecule has 0 atom stereocenters. The molecule has 2 aliphatic rings. The fourth-order valence-corrected chi connectivity index (χ4v) is 3.15. The van der Waals surface area contributed by atoms with Gasteiger partial charge < -0.3 is 15.5 Å². The zero-order chi connectivity index (χ0) is 19.1. The van der Waals surface area contributed by atoms with E-state index >= 15 is 0 Å². The van der Waals surface area contributed by atoms with E-state index in [2.05, 4.69) is 26.8 Å². The monoisotopic (exact) mass is 367 g/mol. The molecule has 0 bridgehead atoms. The number of amides is 3. The van der Waals surface area contributed by atoms with Crippen molar-refractivity contribution in [3.8, 4) is 12.3 Å². The Morgan fingerprint density at radius 3 is 2.70 bits per heavy atom. The van der Waals surface area contributed by atoms with Crippen LogP contribution in [-0.4, -0.2) is 35.6 Å². The molecule has 1 fully saturated rings. The van der Waals surface area contributed by atoms with Gasteiger partial charge >= 0.3 is 6.03 Å². The number of rotatable bonds is 8. The van der Waals surface area contributed by atoms with Crippen LogP contribution in [0.1, 0.15) is 44.1 Å². The third kappa shape index (κ3) is 5.55. The lowest BCUT2D eigenvalue weighted by atomic mass is 10.0. The Morgan fingerprint density at radius 1 is 1.22 bits per heavy atom. The molecule has 0 aromatic heterocycles. The Kier molecular flexibility index (Phi) is 6.07. The van der Waals surface area contributed by atoms with Crippen LogP contribution >= 0.6 is 0 Å². The van der Waals surface area contributed by atoms with E-state index in [1.165, 1.54) is 0 Å². The highest BCUT2D eigenvalue weighted by atomic mass is 16.2. The van der Waals surface area contributed by atoms with Gasteiger partial charge in [0, 0.05) is 51.0 Å². The number of urea groups is 1. The van der Waals surface area contributed by atoms with E-state index in [0.29, 0.717) is 32.2 Å². The van der Waals surface area contributed by atoms with Crippen LogP contribution in [0.3, 0.4) is 0 Å². The number of carbonyl (C=O) groups excluding carboxylic acids is 2. The summed E-state index contributed by atoms with van der Waals surface area (Å²) in [5, 5.41) is 13.9. The molecule has 0 unspecified atom stereocenters. The van der Waals surface area contributed by atoms with Gasteiger partial charge in [-0.2, -0.15) is 10.2 Å². The first-order valence-corrected chi connectivity index (χ1v) is 9.39. The third-order valence-corrected chi connectivity index (χ3v) is 4.87. The van der Waals surface area contributed by atoms with Gasteiger partial charge in [0.2, 0.25) is 5.91 Å². The lowest BCUT2D eigenvalue weighted by Crippen LogP contribution is -2.32. The molecular weight excluding hydrogens is 342 g/mol. The summed E-state index contributed by atoms with van der Waals surface area (Å²) in [5.74, 6) is 2.54. The highest BCUT2D eigenvalue weighted by molar-refractivity contribution is 5.89. The second kappa shape index (κ2) is 8.67. The number of nitrogens with zero attached hydrogens (tertiary/aromatic N) is 3. The molecule has 0 saturated carbocycles. The van der Waals surface area contributed by atoms with Crippen LogP contribution in [0.25, 0.3) is 0 Å². The predicted octanol–water partition coefficient (Wildman–Crippen LogP) is 3.29. The van der Waals surface area contributed by atoms with Gasteiger partial charge in [-0.05, 0) is 30.5 Å². The van der Waals surface area contributed by atoms with E-state index in [4.69, 9.17) is 6.42 Å². The number of terminal acetylenes is 1. The highest BCUT2D eigenvalue weighted by Gasteiger charge is 2.39. The lowest BCUT2D eigenvalue weighted by Gasteiger charge is -2.16. The Morgan fingerprint density at radius 2 is 2.00 bits per heavy atom. The molecule has 3 amide bonds. The topological polar surface area (TPSA) is 86.2 Å². The van der Waals surface area contributed by atoms with E-state index in [1.807, 2.05) is 29.2 Å². The average molecular weight is 367 g/mol. The van der Waals surface area contributed by atoms with E-state index in [9.17, 15) is 9.59 Å². The Bertz CT molecular complexity index is 756. The minimum atomic E-state index is -0.427. The van der Waals surface area contributed by atoms with Gasteiger partial charge in [-0.1, -0.05) is 12.1 Å². The molecule has 7 heteroatoms. The van der Waals surface area contributed by atoms with Gasteiger partial charge in [0.05, 0.1) is 0 Å². The molecule has 2 N–H and O–H groups in total. The van der Waals surface area contributed by atoms with E-state index in [-0.39, 0.29) is 11.9 Å². The standard InChI is InChI=1S/C20H25N5O2/c1-2-3-10-20(23-24-20)11-9-18(26)21-15-16-7-6-8-17(14-16)22-19(27)25-12-4-5-13-25/h1,6-8,14H,3-5,9-13,15H2,(H,21,26)(H,22,27). The predicted molar refractivity (Wildman–Crippen MR) is 103 cm³/mol. The van der Waals surface area contributed by atoms with Gasteiger partial charge in [-0.15, -0.1) is 12.3 Å². The second-order valence-corrected chi connectivity index (χ2v) is 6.99. The maximum Gasteiger partial charge on any atom is 0.321 e. The van der Waals surface area contributed by atoms with Crippen molar-refractivity contribution in [1.29, 1.82) is 0 Å². The summed E-state index contributed by atoms with van der Waals surface area (Å²) in [7, 11) is 0. The summed E-state index contributed by atoms with van der Waals surface area (Å²) in [5.41, 5.74) is 1.25. The summed E-state index contributed by atoms with van der Waals surface area (Å²) in [6.07, 6.45) is 9.66. The summed E-state index contributed by atoms with van der Waals surface area (Å²) in [6, 6.07) is 7.46. The van der Waals surface area contributed by atoms with Crippen molar-refractivity contribution >= 4 is 17.6 Å². The van der Waals surface area contributed by atoms with Crippen molar-refractivity contribution in [3.05, 3.63) is 29.8 Å². The molecule has 0 spiro atoms. The van der Waals surface area contributed by atoms with Crippen LogP contribution in [0, 0.1) is 12.3 Å². The number of hydrogen-bond acceptors (Lipinski definition) is 4. The maximum atomic E-state index is 12.2. The SMILES string of the molecule is C#CCCC1(CCC(=O)NCc2cccc(NC(=O)N3CCCC3)c2)N=N1. The highest BCUT2D eigenvalue weighted by Crippen LogP contribution is 2.37. The zero-order valence-corrected chi connectivity index (χ0v) is 15.4. The molecule has 1 aromatic carbocycles. The van der Waals surface area contributed by atoms with Crippen LogP contribution in [0.15, 0.2) is 34.5 Å². The number of anilines is 1. The quantitative estimate of drug-likeness (QED) is 0.691. The van der Waals surface area contributed by atoms with Crippen molar-refractivity contribution < 1.29 is 9.59 Å². The van der Waals surface area contributed by atoms with E-state index < -0.39 is 5.66 Å². The minimum Gasteiger partial charge on any atom is -0.352 e. The fourth-order valence-electron chi connectivity index (χ4n) is 3.15. The molecule has 0 radical (unpaired) electrons. The number of carbonyl (C=O) groups is 2. The Hall–Kier alpha value is -2.88. The maximum absolute atomic E-state index is 12.2. The van der Waals surface area contributed by atoms with Gasteiger partial charge in [0.1, 0.15) is 0 Å². The van der Waals surface area contributed by atoms with Crippen LogP contribution in [-0.2, 0) is 11.3 Å². The van der Waals surface area contributed by atoms with Gasteiger partial charge in [0.25, 0.3) is 0 Å². The van der Waals surface area contributed by atoms with Crippen LogP contribution in [0.2, 0.25) is 0 Å². The molecule has 0 aliphatic carbocycles. The number of likely N-dealkylation sites (tertiary alicyclic amines) is 1. The van der Waals surface area contributed by atoms with E-state index in [0.717, 1.165) is 37.2 Å². The van der Waals surface area contributed by atoms with Crippen molar-refractivity contribution in [2.45, 2.75) is 50.7 Å². The average Bonchev–Trinajstić information content (AvgIpc) is 3.22. The lowest BCUT2D eigenvalue weighted by molar-refractivity contribution is -0.121. The first-order valence-electron chi connectivity index (χ1n) is 9.39. The summed E-state index contributed by atoms with van der Waals surface area (Å²) < 4.78 is 0. The first-order chi connectivity index (χ1) is 13.1. The molecule has 1 aromatic rings. The molecule has 1 saturated heterocycles. The zero-order valence-electron chi connectivity index (χ0n) is 15.4. The van der Waals surface area contributed by atoms with Gasteiger partial charge in [-0.3, -0.25) is 4.79 Å². The normalized spacial score (nSPS) is 16.6. The molecule has 7 nitrogen and oxygen atoms in total. The number of hydrogen-bond donors (Lipinski definition) is 2. The third-order valence-electron chi connectivity index (χ3n) is 4.87. The van der Waals surface area contributed by atoms with Crippen molar-refractivity contribution in [3.63, 3.8) is 0 Å².